The second-order valence-electron chi connectivity index (χ2n) is 4.72. The molecule has 0 aliphatic carbocycles. The van der Waals surface area contributed by atoms with Gasteiger partial charge in [0.2, 0.25) is 5.91 Å². The van der Waals surface area contributed by atoms with Crippen molar-refractivity contribution in [2.75, 3.05) is 5.75 Å². The van der Waals surface area contributed by atoms with E-state index in [4.69, 9.17) is 5.11 Å². The van der Waals surface area contributed by atoms with E-state index in [1.807, 2.05) is 6.92 Å². The van der Waals surface area contributed by atoms with Gasteiger partial charge in [0.1, 0.15) is 6.04 Å². The summed E-state index contributed by atoms with van der Waals surface area (Å²) in [5.74, 6) is -0.230. The standard InChI is InChI=1S/C11H19NO3S/c1-7(2)8(9(13)14)12-10(15)11(3)5-4-6-16-11/h7-8H,4-6H2,1-3H3,(H,12,15)(H,13,14)/t8-,11?/m0/s1. The van der Waals surface area contributed by atoms with Gasteiger partial charge < -0.3 is 10.4 Å². The Morgan fingerprint density at radius 2 is 2.06 bits per heavy atom. The first kappa shape index (κ1) is 13.4. The fraction of sp³-hybridized carbons (Fsp3) is 0.818. The number of rotatable bonds is 4. The van der Waals surface area contributed by atoms with Gasteiger partial charge >= 0.3 is 5.97 Å². The molecule has 5 heteroatoms. The second kappa shape index (κ2) is 5.08. The molecule has 1 aliphatic rings. The lowest BCUT2D eigenvalue weighted by atomic mass is 10.0. The summed E-state index contributed by atoms with van der Waals surface area (Å²) in [4.78, 5) is 23.0. The summed E-state index contributed by atoms with van der Waals surface area (Å²) in [5, 5.41) is 11.6. The maximum atomic E-state index is 12.0. The molecule has 16 heavy (non-hydrogen) atoms. The SMILES string of the molecule is CC(C)[C@H](NC(=O)C1(C)CCCS1)C(=O)O. The van der Waals surface area contributed by atoms with Gasteiger partial charge in [-0.3, -0.25) is 4.79 Å². The summed E-state index contributed by atoms with van der Waals surface area (Å²) in [6, 6.07) is -0.787. The van der Waals surface area contributed by atoms with E-state index in [-0.39, 0.29) is 11.8 Å². The van der Waals surface area contributed by atoms with Gasteiger partial charge in [0.15, 0.2) is 0 Å². The van der Waals surface area contributed by atoms with Crippen LogP contribution < -0.4 is 5.32 Å². The molecule has 2 N–H and O–H groups in total. The van der Waals surface area contributed by atoms with Crippen molar-refractivity contribution < 1.29 is 14.7 Å². The molecule has 0 aromatic carbocycles. The van der Waals surface area contributed by atoms with E-state index in [0.717, 1.165) is 18.6 Å². The number of thioether (sulfide) groups is 1. The van der Waals surface area contributed by atoms with Gasteiger partial charge in [0.05, 0.1) is 4.75 Å². The predicted molar refractivity (Wildman–Crippen MR) is 64.5 cm³/mol. The predicted octanol–water partition coefficient (Wildman–Crippen LogP) is 1.50. The Morgan fingerprint density at radius 1 is 1.44 bits per heavy atom. The van der Waals surface area contributed by atoms with Crippen molar-refractivity contribution in [2.24, 2.45) is 5.92 Å². The summed E-state index contributed by atoms with van der Waals surface area (Å²) in [5.41, 5.74) is 0. The Kier molecular flexibility index (Phi) is 4.24. The van der Waals surface area contributed by atoms with Crippen LogP contribution in [0.5, 0.6) is 0 Å². The smallest absolute Gasteiger partial charge is 0.326 e. The van der Waals surface area contributed by atoms with Gasteiger partial charge in [-0.2, -0.15) is 0 Å². The summed E-state index contributed by atoms with van der Waals surface area (Å²) in [6.45, 7) is 5.48. The molecule has 92 valence electrons. The number of carboxylic acid groups (broad SMARTS) is 1. The lowest BCUT2D eigenvalue weighted by Gasteiger charge is -2.26. The summed E-state index contributed by atoms with van der Waals surface area (Å²) in [6.07, 6.45) is 1.85. The van der Waals surface area contributed by atoms with Crippen molar-refractivity contribution in [2.45, 2.75) is 44.4 Å². The van der Waals surface area contributed by atoms with Crippen LogP contribution in [0, 0.1) is 5.92 Å². The second-order valence-corrected chi connectivity index (χ2v) is 6.31. The molecule has 1 aliphatic heterocycles. The van der Waals surface area contributed by atoms with E-state index >= 15 is 0 Å². The van der Waals surface area contributed by atoms with Gasteiger partial charge in [0, 0.05) is 0 Å². The van der Waals surface area contributed by atoms with Crippen LogP contribution in [0.4, 0.5) is 0 Å². The Labute approximate surface area is 100 Å². The molecule has 0 aromatic rings. The van der Waals surface area contributed by atoms with Crippen molar-refractivity contribution >= 4 is 23.6 Å². The van der Waals surface area contributed by atoms with E-state index in [0.29, 0.717) is 0 Å². The molecule has 0 radical (unpaired) electrons. The average molecular weight is 245 g/mol. The van der Waals surface area contributed by atoms with Crippen molar-refractivity contribution in [3.63, 3.8) is 0 Å². The molecule has 1 unspecified atom stereocenters. The Balaban J connectivity index is 2.65. The molecule has 4 nitrogen and oxygen atoms in total. The highest BCUT2D eigenvalue weighted by molar-refractivity contribution is 8.01. The summed E-state index contributed by atoms with van der Waals surface area (Å²) in [7, 11) is 0. The monoisotopic (exact) mass is 245 g/mol. The molecule has 1 amide bonds. The van der Waals surface area contributed by atoms with E-state index in [2.05, 4.69) is 5.32 Å². The minimum atomic E-state index is -0.963. The highest BCUT2D eigenvalue weighted by Gasteiger charge is 2.39. The Morgan fingerprint density at radius 3 is 2.44 bits per heavy atom. The number of nitrogens with one attached hydrogen (secondary N) is 1. The Hall–Kier alpha value is -0.710. The lowest BCUT2D eigenvalue weighted by molar-refractivity contribution is -0.143. The van der Waals surface area contributed by atoms with E-state index in [1.54, 1.807) is 25.6 Å². The van der Waals surface area contributed by atoms with Crippen molar-refractivity contribution in [1.29, 1.82) is 0 Å². The third kappa shape index (κ3) is 2.90. The highest BCUT2D eigenvalue weighted by Crippen LogP contribution is 2.37. The fourth-order valence-electron chi connectivity index (χ4n) is 1.77. The van der Waals surface area contributed by atoms with Gasteiger partial charge in [-0.25, -0.2) is 4.79 Å². The molecule has 1 rings (SSSR count). The molecule has 0 bridgehead atoms. The van der Waals surface area contributed by atoms with Crippen LogP contribution in [0.15, 0.2) is 0 Å². The lowest BCUT2D eigenvalue weighted by Crippen LogP contribution is -2.50. The molecule has 1 fully saturated rings. The quantitative estimate of drug-likeness (QED) is 0.787. The first-order chi connectivity index (χ1) is 7.37. The van der Waals surface area contributed by atoms with E-state index in [1.165, 1.54) is 0 Å². The topological polar surface area (TPSA) is 66.4 Å². The van der Waals surface area contributed by atoms with E-state index in [9.17, 15) is 9.59 Å². The molecule has 0 spiro atoms. The van der Waals surface area contributed by atoms with E-state index < -0.39 is 16.8 Å². The van der Waals surface area contributed by atoms with Crippen molar-refractivity contribution in [3.8, 4) is 0 Å². The van der Waals surface area contributed by atoms with Crippen LogP contribution in [0.1, 0.15) is 33.6 Å². The van der Waals surface area contributed by atoms with Crippen LogP contribution in [-0.4, -0.2) is 33.5 Å². The van der Waals surface area contributed by atoms with Crippen LogP contribution in [0.2, 0.25) is 0 Å². The van der Waals surface area contributed by atoms with Crippen molar-refractivity contribution in [1.82, 2.24) is 5.32 Å². The minimum absolute atomic E-state index is 0.101. The fourth-order valence-corrected chi connectivity index (χ4v) is 2.98. The van der Waals surface area contributed by atoms with Crippen LogP contribution in [-0.2, 0) is 9.59 Å². The molecule has 0 saturated carbocycles. The highest BCUT2D eigenvalue weighted by atomic mass is 32.2. The molecule has 1 heterocycles. The van der Waals surface area contributed by atoms with Crippen LogP contribution in [0.3, 0.4) is 0 Å². The van der Waals surface area contributed by atoms with Crippen molar-refractivity contribution in [3.05, 3.63) is 0 Å². The zero-order chi connectivity index (χ0) is 12.3. The third-order valence-electron chi connectivity index (χ3n) is 2.92. The summed E-state index contributed by atoms with van der Waals surface area (Å²) >= 11 is 1.61. The zero-order valence-electron chi connectivity index (χ0n) is 9.95. The first-order valence-electron chi connectivity index (χ1n) is 5.54. The third-order valence-corrected chi connectivity index (χ3v) is 4.44. The molecular weight excluding hydrogens is 226 g/mol. The normalized spacial score (nSPS) is 26.8. The van der Waals surface area contributed by atoms with Gasteiger partial charge in [0.25, 0.3) is 0 Å². The maximum Gasteiger partial charge on any atom is 0.326 e. The molecule has 1 saturated heterocycles. The summed E-state index contributed by atoms with van der Waals surface area (Å²) < 4.78 is -0.442. The van der Waals surface area contributed by atoms with Crippen LogP contribution >= 0.6 is 11.8 Å². The number of carboxylic acids is 1. The molecule has 0 aromatic heterocycles. The van der Waals surface area contributed by atoms with Gasteiger partial charge in [-0.15, -0.1) is 11.8 Å². The van der Waals surface area contributed by atoms with Gasteiger partial charge in [-0.05, 0) is 31.4 Å². The number of aliphatic carboxylic acids is 1. The molecule has 2 atom stereocenters. The molecular formula is C11H19NO3S. The number of amides is 1. The zero-order valence-corrected chi connectivity index (χ0v) is 10.8. The number of hydrogen-bond donors (Lipinski definition) is 2. The number of carbonyl (C=O) groups is 2. The first-order valence-corrected chi connectivity index (χ1v) is 6.53. The number of carbonyl (C=O) groups excluding carboxylic acids is 1. The average Bonchev–Trinajstić information content (AvgIpc) is 2.61. The van der Waals surface area contributed by atoms with Crippen LogP contribution in [0.25, 0.3) is 0 Å². The number of hydrogen-bond acceptors (Lipinski definition) is 3. The largest absolute Gasteiger partial charge is 0.480 e. The Bertz CT molecular complexity index is 285. The maximum absolute atomic E-state index is 12.0. The van der Waals surface area contributed by atoms with Gasteiger partial charge in [-0.1, -0.05) is 13.8 Å². The minimum Gasteiger partial charge on any atom is -0.480 e.